The highest BCUT2D eigenvalue weighted by Gasteiger charge is 2.09. The second-order valence-electron chi connectivity index (χ2n) is 5.89. The minimum absolute atomic E-state index is 0.0305. The Kier molecular flexibility index (Phi) is 5.40. The molecule has 3 aromatic rings. The molecular formula is C19H20FN3O2. The lowest BCUT2D eigenvalue weighted by molar-refractivity contribution is -0.121. The monoisotopic (exact) mass is 341 g/mol. The number of aliphatic hydroxyl groups is 1. The number of nitrogens with one attached hydrogen (secondary N) is 2. The molecule has 0 fully saturated rings. The van der Waals surface area contributed by atoms with Crippen LogP contribution < -0.4 is 5.32 Å². The smallest absolute Gasteiger partial charge is 0.220 e. The number of para-hydroxylation sites is 1. The fourth-order valence-corrected chi connectivity index (χ4v) is 2.64. The maximum absolute atomic E-state index is 13.6. The lowest BCUT2D eigenvalue weighted by Crippen LogP contribution is -2.26. The number of H-pyrrole nitrogens is 1. The molecule has 3 N–H and O–H groups in total. The van der Waals surface area contributed by atoms with Crippen LogP contribution in [0.2, 0.25) is 0 Å². The summed E-state index contributed by atoms with van der Waals surface area (Å²) in [6, 6.07) is 12.4. The van der Waals surface area contributed by atoms with Crippen LogP contribution in [0.3, 0.4) is 0 Å². The first-order valence-electron chi connectivity index (χ1n) is 8.24. The summed E-state index contributed by atoms with van der Waals surface area (Å²) in [4.78, 5) is 19.2. The van der Waals surface area contributed by atoms with Gasteiger partial charge in [-0.1, -0.05) is 30.3 Å². The van der Waals surface area contributed by atoms with Crippen LogP contribution in [0.1, 0.15) is 23.4 Å². The van der Waals surface area contributed by atoms with Gasteiger partial charge in [0, 0.05) is 19.4 Å². The fourth-order valence-electron chi connectivity index (χ4n) is 2.64. The van der Waals surface area contributed by atoms with Crippen LogP contribution in [0.25, 0.3) is 11.0 Å². The van der Waals surface area contributed by atoms with E-state index in [-0.39, 0.29) is 18.3 Å². The summed E-state index contributed by atoms with van der Waals surface area (Å²) in [6.07, 6.45) is 1.46. The van der Waals surface area contributed by atoms with Crippen LogP contribution in [-0.4, -0.2) is 27.5 Å². The molecule has 0 aliphatic rings. The van der Waals surface area contributed by atoms with Crippen LogP contribution in [-0.2, 0) is 24.2 Å². The van der Waals surface area contributed by atoms with Gasteiger partial charge in [-0.25, -0.2) is 9.37 Å². The lowest BCUT2D eigenvalue weighted by Gasteiger charge is -2.05. The maximum Gasteiger partial charge on any atom is 0.220 e. The second kappa shape index (κ2) is 7.90. The SMILES string of the molecule is O=C(CCc1nc2c(F)cccc2[nH]1)NCCc1ccc(CO)cc1. The first kappa shape index (κ1) is 17.1. The Labute approximate surface area is 144 Å². The maximum atomic E-state index is 13.6. The van der Waals surface area contributed by atoms with Crippen molar-refractivity contribution in [1.82, 2.24) is 15.3 Å². The Hall–Kier alpha value is -2.73. The number of aliphatic hydroxyl groups excluding tert-OH is 1. The topological polar surface area (TPSA) is 78.0 Å². The van der Waals surface area contributed by atoms with Crippen molar-refractivity contribution >= 4 is 16.9 Å². The molecule has 1 aromatic heterocycles. The Morgan fingerprint density at radius 1 is 1.12 bits per heavy atom. The first-order valence-corrected chi connectivity index (χ1v) is 8.24. The number of aromatic amines is 1. The molecule has 1 amide bonds. The molecule has 0 radical (unpaired) electrons. The molecule has 1 heterocycles. The average molecular weight is 341 g/mol. The van der Waals surface area contributed by atoms with E-state index >= 15 is 0 Å². The summed E-state index contributed by atoms with van der Waals surface area (Å²) in [6.45, 7) is 0.578. The normalized spacial score (nSPS) is 11.0. The Morgan fingerprint density at radius 2 is 1.88 bits per heavy atom. The average Bonchev–Trinajstić information content (AvgIpc) is 3.05. The number of benzene rings is 2. The summed E-state index contributed by atoms with van der Waals surface area (Å²) < 4.78 is 13.6. The number of rotatable bonds is 7. The molecule has 3 rings (SSSR count). The van der Waals surface area contributed by atoms with Crippen molar-refractivity contribution < 1.29 is 14.3 Å². The minimum atomic E-state index is -0.364. The third-order valence-corrected chi connectivity index (χ3v) is 4.04. The molecule has 0 bridgehead atoms. The second-order valence-corrected chi connectivity index (χ2v) is 5.89. The number of hydrogen-bond acceptors (Lipinski definition) is 3. The van der Waals surface area contributed by atoms with Crippen molar-refractivity contribution in [3.63, 3.8) is 0 Å². The number of halogens is 1. The van der Waals surface area contributed by atoms with Gasteiger partial charge in [0.05, 0.1) is 12.1 Å². The molecular weight excluding hydrogens is 321 g/mol. The Bertz CT molecular complexity index is 859. The zero-order chi connectivity index (χ0) is 17.6. The van der Waals surface area contributed by atoms with E-state index in [9.17, 15) is 9.18 Å². The van der Waals surface area contributed by atoms with Crippen molar-refractivity contribution in [3.05, 3.63) is 65.2 Å². The summed E-state index contributed by atoms with van der Waals surface area (Å²) in [7, 11) is 0. The van der Waals surface area contributed by atoms with Gasteiger partial charge in [0.15, 0.2) is 5.82 Å². The standard InChI is InChI=1S/C19H20FN3O2/c20-15-2-1-3-16-19(15)23-17(22-16)8-9-18(25)21-11-10-13-4-6-14(12-24)7-5-13/h1-7,24H,8-12H2,(H,21,25)(H,22,23). The minimum Gasteiger partial charge on any atom is -0.392 e. The van der Waals surface area contributed by atoms with Crippen molar-refractivity contribution in [1.29, 1.82) is 0 Å². The third kappa shape index (κ3) is 4.42. The summed E-state index contributed by atoms with van der Waals surface area (Å²) in [5, 5.41) is 11.9. The molecule has 0 spiro atoms. The number of nitrogens with zero attached hydrogens (tertiary/aromatic N) is 1. The largest absolute Gasteiger partial charge is 0.392 e. The van der Waals surface area contributed by atoms with E-state index in [2.05, 4.69) is 15.3 Å². The molecule has 0 saturated heterocycles. The molecule has 2 aromatic carbocycles. The van der Waals surface area contributed by atoms with Gasteiger partial charge in [-0.2, -0.15) is 0 Å². The predicted molar refractivity (Wildman–Crippen MR) is 93.5 cm³/mol. The number of fused-ring (bicyclic) bond motifs is 1. The fraction of sp³-hybridized carbons (Fsp3) is 0.263. The molecule has 0 aliphatic carbocycles. The van der Waals surface area contributed by atoms with E-state index in [1.807, 2.05) is 24.3 Å². The van der Waals surface area contributed by atoms with Gasteiger partial charge in [0.25, 0.3) is 0 Å². The van der Waals surface area contributed by atoms with Gasteiger partial charge < -0.3 is 15.4 Å². The predicted octanol–water partition coefficient (Wildman–Crippen LogP) is 2.49. The number of amides is 1. The number of aromatic nitrogens is 2. The highest BCUT2D eigenvalue weighted by Crippen LogP contribution is 2.15. The van der Waals surface area contributed by atoms with Gasteiger partial charge in [0.1, 0.15) is 11.3 Å². The quantitative estimate of drug-likeness (QED) is 0.618. The van der Waals surface area contributed by atoms with Crippen LogP contribution in [0.4, 0.5) is 4.39 Å². The van der Waals surface area contributed by atoms with E-state index in [0.717, 1.165) is 17.5 Å². The Morgan fingerprint density at radius 3 is 2.60 bits per heavy atom. The molecule has 0 atom stereocenters. The van der Waals surface area contributed by atoms with E-state index < -0.39 is 0 Å². The summed E-state index contributed by atoms with van der Waals surface area (Å²) in [5.74, 6) is 0.180. The van der Waals surface area contributed by atoms with Gasteiger partial charge in [-0.05, 0) is 29.7 Å². The van der Waals surface area contributed by atoms with Gasteiger partial charge >= 0.3 is 0 Å². The highest BCUT2D eigenvalue weighted by atomic mass is 19.1. The number of imidazole rings is 1. The number of aryl methyl sites for hydroxylation is 1. The molecule has 0 aliphatic heterocycles. The van der Waals surface area contributed by atoms with E-state index in [4.69, 9.17) is 5.11 Å². The van der Waals surface area contributed by atoms with Crippen LogP contribution in [0.15, 0.2) is 42.5 Å². The van der Waals surface area contributed by atoms with Crippen molar-refractivity contribution in [3.8, 4) is 0 Å². The van der Waals surface area contributed by atoms with Gasteiger partial charge in [0.2, 0.25) is 5.91 Å². The number of hydrogen-bond donors (Lipinski definition) is 3. The van der Waals surface area contributed by atoms with E-state index in [0.29, 0.717) is 36.2 Å². The zero-order valence-electron chi connectivity index (χ0n) is 13.8. The van der Waals surface area contributed by atoms with Crippen LogP contribution >= 0.6 is 0 Å². The molecule has 0 saturated carbocycles. The third-order valence-electron chi connectivity index (χ3n) is 4.04. The number of carbonyl (C=O) groups excluding carboxylic acids is 1. The highest BCUT2D eigenvalue weighted by molar-refractivity contribution is 5.77. The summed E-state index contributed by atoms with van der Waals surface area (Å²) >= 11 is 0. The van der Waals surface area contributed by atoms with Crippen LogP contribution in [0.5, 0.6) is 0 Å². The van der Waals surface area contributed by atoms with E-state index in [1.165, 1.54) is 6.07 Å². The lowest BCUT2D eigenvalue weighted by atomic mass is 10.1. The molecule has 25 heavy (non-hydrogen) atoms. The van der Waals surface area contributed by atoms with Crippen molar-refractivity contribution in [2.24, 2.45) is 0 Å². The van der Waals surface area contributed by atoms with E-state index in [1.54, 1.807) is 12.1 Å². The summed E-state index contributed by atoms with van der Waals surface area (Å²) in [5.41, 5.74) is 2.92. The molecule has 6 heteroatoms. The van der Waals surface area contributed by atoms with Crippen molar-refractivity contribution in [2.75, 3.05) is 6.54 Å². The Balaban J connectivity index is 1.44. The zero-order valence-corrected chi connectivity index (χ0v) is 13.8. The van der Waals surface area contributed by atoms with Crippen molar-refractivity contribution in [2.45, 2.75) is 25.9 Å². The first-order chi connectivity index (χ1) is 12.2. The molecule has 5 nitrogen and oxygen atoms in total. The van der Waals surface area contributed by atoms with Gasteiger partial charge in [-0.15, -0.1) is 0 Å². The van der Waals surface area contributed by atoms with Gasteiger partial charge in [-0.3, -0.25) is 4.79 Å². The molecule has 130 valence electrons. The molecule has 0 unspecified atom stereocenters. The number of carbonyl (C=O) groups is 1. The van der Waals surface area contributed by atoms with Crippen LogP contribution in [0, 0.1) is 5.82 Å².